The van der Waals surface area contributed by atoms with Crippen molar-refractivity contribution in [1.29, 1.82) is 0 Å². The Balaban J connectivity index is 2.37. The van der Waals surface area contributed by atoms with Crippen LogP contribution in [0.25, 0.3) is 0 Å². The smallest absolute Gasteiger partial charge is 0.0471 e. The molecule has 2 heteroatoms. The van der Waals surface area contributed by atoms with E-state index in [2.05, 4.69) is 22.9 Å². The van der Waals surface area contributed by atoms with Crippen LogP contribution >= 0.6 is 15.9 Å². The van der Waals surface area contributed by atoms with E-state index in [-0.39, 0.29) is 0 Å². The molecule has 1 nitrogen and oxygen atoms in total. The maximum atomic E-state index is 5.25. The first-order chi connectivity index (χ1) is 4.27. The highest BCUT2D eigenvalue weighted by molar-refractivity contribution is 9.09. The summed E-state index contributed by atoms with van der Waals surface area (Å²) in [5.74, 6) is 0. The van der Waals surface area contributed by atoms with Crippen molar-refractivity contribution in [1.82, 2.24) is 0 Å². The zero-order chi connectivity index (χ0) is 6.74. The van der Waals surface area contributed by atoms with Gasteiger partial charge in [0.15, 0.2) is 0 Å². The second-order valence-corrected chi connectivity index (χ2v) is 3.62. The lowest BCUT2D eigenvalue weighted by atomic mass is 9.85. The summed E-state index contributed by atoms with van der Waals surface area (Å²) in [5, 5.41) is 1.11. The zero-order valence-corrected chi connectivity index (χ0v) is 7.41. The molecule has 1 aliphatic heterocycles. The highest BCUT2D eigenvalue weighted by atomic mass is 79.9. The summed E-state index contributed by atoms with van der Waals surface area (Å²) in [6, 6.07) is 0. The molecule has 1 fully saturated rings. The van der Waals surface area contributed by atoms with Crippen LogP contribution in [0.2, 0.25) is 0 Å². The van der Waals surface area contributed by atoms with E-state index in [0.29, 0.717) is 5.41 Å². The van der Waals surface area contributed by atoms with E-state index >= 15 is 0 Å². The largest absolute Gasteiger partial charge is 0.381 e. The van der Waals surface area contributed by atoms with Crippen LogP contribution in [0.4, 0.5) is 0 Å². The fraction of sp³-hybridized carbons (Fsp3) is 1.00. The van der Waals surface area contributed by atoms with Crippen LogP contribution in [0.5, 0.6) is 0 Å². The molecular formula is C7H13BrO. The lowest BCUT2D eigenvalue weighted by Crippen LogP contribution is -2.27. The van der Waals surface area contributed by atoms with E-state index < -0.39 is 0 Å². The summed E-state index contributed by atoms with van der Waals surface area (Å²) in [7, 11) is 0. The summed E-state index contributed by atoms with van der Waals surface area (Å²) in [4.78, 5) is 0. The topological polar surface area (TPSA) is 9.23 Å². The quantitative estimate of drug-likeness (QED) is 0.580. The Morgan fingerprint density at radius 2 is 2.00 bits per heavy atom. The highest BCUT2D eigenvalue weighted by Crippen LogP contribution is 2.31. The molecule has 1 heterocycles. The van der Waals surface area contributed by atoms with Crippen molar-refractivity contribution in [3.63, 3.8) is 0 Å². The van der Waals surface area contributed by atoms with Crippen LogP contribution in [0, 0.1) is 5.41 Å². The van der Waals surface area contributed by atoms with E-state index in [1.807, 2.05) is 0 Å². The minimum absolute atomic E-state index is 0.512. The number of alkyl halides is 1. The van der Waals surface area contributed by atoms with Gasteiger partial charge in [-0.3, -0.25) is 0 Å². The molecule has 9 heavy (non-hydrogen) atoms. The van der Waals surface area contributed by atoms with Gasteiger partial charge in [-0.2, -0.15) is 0 Å². The van der Waals surface area contributed by atoms with Gasteiger partial charge in [-0.25, -0.2) is 0 Å². The van der Waals surface area contributed by atoms with Crippen molar-refractivity contribution in [2.45, 2.75) is 19.8 Å². The van der Waals surface area contributed by atoms with Gasteiger partial charge in [-0.1, -0.05) is 22.9 Å². The molecular weight excluding hydrogens is 180 g/mol. The van der Waals surface area contributed by atoms with Gasteiger partial charge >= 0.3 is 0 Å². The molecule has 1 aliphatic rings. The molecule has 0 radical (unpaired) electrons. The first-order valence-electron chi connectivity index (χ1n) is 3.41. The molecule has 0 aliphatic carbocycles. The maximum absolute atomic E-state index is 5.25. The predicted molar refractivity (Wildman–Crippen MR) is 42.0 cm³/mol. The lowest BCUT2D eigenvalue weighted by molar-refractivity contribution is 0.0354. The van der Waals surface area contributed by atoms with E-state index in [4.69, 9.17) is 4.74 Å². The number of hydrogen-bond acceptors (Lipinski definition) is 1. The minimum Gasteiger partial charge on any atom is -0.381 e. The van der Waals surface area contributed by atoms with Gasteiger partial charge < -0.3 is 4.74 Å². The molecule has 0 aromatic heterocycles. The van der Waals surface area contributed by atoms with Crippen molar-refractivity contribution in [3.05, 3.63) is 0 Å². The van der Waals surface area contributed by atoms with Gasteiger partial charge in [0.25, 0.3) is 0 Å². The van der Waals surface area contributed by atoms with Crippen LogP contribution in [-0.2, 0) is 4.74 Å². The number of hydrogen-bond donors (Lipinski definition) is 0. The third kappa shape index (κ3) is 1.94. The molecule has 0 unspecified atom stereocenters. The van der Waals surface area contributed by atoms with Crippen LogP contribution in [0.3, 0.4) is 0 Å². The highest BCUT2D eigenvalue weighted by Gasteiger charge is 2.25. The number of rotatable bonds is 1. The Kier molecular flexibility index (Phi) is 2.53. The Morgan fingerprint density at radius 3 is 2.33 bits per heavy atom. The molecule has 0 atom stereocenters. The third-order valence-corrected chi connectivity index (χ3v) is 3.38. The average molecular weight is 193 g/mol. The van der Waals surface area contributed by atoms with Crippen LogP contribution in [0.1, 0.15) is 19.8 Å². The standard InChI is InChI=1S/C7H13BrO/c1-7(6-8)2-4-9-5-3-7/h2-6H2,1H3. The van der Waals surface area contributed by atoms with E-state index in [1.54, 1.807) is 0 Å². The second-order valence-electron chi connectivity index (χ2n) is 3.06. The Labute approximate surface area is 64.9 Å². The van der Waals surface area contributed by atoms with Crippen LogP contribution in [-0.4, -0.2) is 18.5 Å². The molecule has 0 aromatic carbocycles. The Hall–Kier alpha value is 0.440. The van der Waals surface area contributed by atoms with Gasteiger partial charge in [-0.05, 0) is 18.3 Å². The summed E-state index contributed by atoms with van der Waals surface area (Å²) in [5.41, 5.74) is 0.512. The molecule has 0 saturated carbocycles. The summed E-state index contributed by atoms with van der Waals surface area (Å²) >= 11 is 3.51. The van der Waals surface area contributed by atoms with Crippen molar-refractivity contribution in [2.24, 2.45) is 5.41 Å². The first-order valence-corrected chi connectivity index (χ1v) is 4.53. The molecule has 54 valence electrons. The fourth-order valence-electron chi connectivity index (χ4n) is 0.998. The van der Waals surface area contributed by atoms with Gasteiger partial charge in [0.05, 0.1) is 0 Å². The fourth-order valence-corrected chi connectivity index (χ4v) is 1.56. The molecule has 0 aromatic rings. The number of halogens is 1. The van der Waals surface area contributed by atoms with E-state index in [0.717, 1.165) is 18.5 Å². The molecule has 0 N–H and O–H groups in total. The Morgan fingerprint density at radius 1 is 1.44 bits per heavy atom. The van der Waals surface area contributed by atoms with Gasteiger partial charge in [0.2, 0.25) is 0 Å². The monoisotopic (exact) mass is 192 g/mol. The average Bonchev–Trinajstić information content (AvgIpc) is 1.90. The second kappa shape index (κ2) is 3.02. The molecule has 0 bridgehead atoms. The van der Waals surface area contributed by atoms with E-state index in [1.165, 1.54) is 12.8 Å². The molecule has 1 saturated heterocycles. The van der Waals surface area contributed by atoms with Crippen molar-refractivity contribution < 1.29 is 4.74 Å². The SMILES string of the molecule is CC1(CBr)CCOCC1. The minimum atomic E-state index is 0.512. The first kappa shape index (κ1) is 7.55. The summed E-state index contributed by atoms with van der Waals surface area (Å²) in [6.45, 7) is 4.20. The van der Waals surface area contributed by atoms with Crippen molar-refractivity contribution in [3.8, 4) is 0 Å². The van der Waals surface area contributed by atoms with Gasteiger partial charge in [-0.15, -0.1) is 0 Å². The third-order valence-electron chi connectivity index (χ3n) is 2.02. The van der Waals surface area contributed by atoms with E-state index in [9.17, 15) is 0 Å². The van der Waals surface area contributed by atoms with Crippen molar-refractivity contribution >= 4 is 15.9 Å². The summed E-state index contributed by atoms with van der Waals surface area (Å²) in [6.07, 6.45) is 2.41. The molecule has 0 spiro atoms. The summed E-state index contributed by atoms with van der Waals surface area (Å²) < 4.78 is 5.25. The molecule has 1 rings (SSSR count). The Bertz CT molecular complexity index is 86.9. The van der Waals surface area contributed by atoms with Crippen LogP contribution < -0.4 is 0 Å². The lowest BCUT2D eigenvalue weighted by Gasteiger charge is -2.31. The zero-order valence-electron chi connectivity index (χ0n) is 5.82. The number of ether oxygens (including phenoxy) is 1. The predicted octanol–water partition coefficient (Wildman–Crippen LogP) is 2.20. The van der Waals surface area contributed by atoms with Crippen LogP contribution in [0.15, 0.2) is 0 Å². The van der Waals surface area contributed by atoms with Gasteiger partial charge in [0.1, 0.15) is 0 Å². The molecule has 0 amide bonds. The maximum Gasteiger partial charge on any atom is 0.0471 e. The van der Waals surface area contributed by atoms with Gasteiger partial charge in [0, 0.05) is 18.5 Å². The normalized spacial score (nSPS) is 26.0. The van der Waals surface area contributed by atoms with Crippen molar-refractivity contribution in [2.75, 3.05) is 18.5 Å².